The Kier molecular flexibility index (Phi) is 5.43. The summed E-state index contributed by atoms with van der Waals surface area (Å²) in [7, 11) is -10.6. The molecular formula is C8H15F3O6S2. The van der Waals surface area contributed by atoms with Crippen LogP contribution < -0.4 is 0 Å². The molecule has 1 N–H and O–H groups in total. The largest absolute Gasteiger partial charge is 0.523 e. The second kappa shape index (κ2) is 5.54. The number of hydrogen-bond donors (Lipinski definition) is 1. The van der Waals surface area contributed by atoms with Crippen molar-refractivity contribution in [2.45, 2.75) is 38.8 Å². The fourth-order valence-electron chi connectivity index (χ4n) is 1.01. The van der Waals surface area contributed by atoms with Crippen molar-refractivity contribution in [1.82, 2.24) is 0 Å². The number of rotatable bonds is 6. The Labute approximate surface area is 109 Å². The molecule has 0 saturated heterocycles. The molecule has 0 aromatic rings. The molecule has 1 atom stereocenters. The van der Waals surface area contributed by atoms with Gasteiger partial charge in [0.25, 0.3) is 10.1 Å². The minimum absolute atomic E-state index is 0.139. The lowest BCUT2D eigenvalue weighted by Crippen LogP contribution is -2.42. The van der Waals surface area contributed by atoms with Gasteiger partial charge in [-0.1, -0.05) is 20.8 Å². The van der Waals surface area contributed by atoms with Crippen molar-refractivity contribution in [3.05, 3.63) is 0 Å². The molecule has 0 aliphatic rings. The maximum absolute atomic E-state index is 12.2. The first-order chi connectivity index (χ1) is 8.12. The van der Waals surface area contributed by atoms with Gasteiger partial charge in [0.15, 0.2) is 0 Å². The normalized spacial score (nSPS) is 16.4. The first-order valence-corrected chi connectivity index (χ1v) is 8.09. The molecule has 11 heteroatoms. The van der Waals surface area contributed by atoms with E-state index in [0.717, 1.165) is 0 Å². The molecule has 0 aromatic carbocycles. The lowest BCUT2D eigenvalue weighted by Gasteiger charge is -2.31. The van der Waals surface area contributed by atoms with Crippen LogP contribution in [0.1, 0.15) is 27.2 Å². The summed E-state index contributed by atoms with van der Waals surface area (Å²) in [6, 6.07) is 0. The average Bonchev–Trinajstić information content (AvgIpc) is 2.12. The Morgan fingerprint density at radius 3 is 1.84 bits per heavy atom. The molecule has 19 heavy (non-hydrogen) atoms. The summed E-state index contributed by atoms with van der Waals surface area (Å²) in [5, 5.41) is 0. The molecule has 0 rings (SSSR count). The fraction of sp³-hybridized carbons (Fsp3) is 1.00. The maximum Gasteiger partial charge on any atom is 0.523 e. The van der Waals surface area contributed by atoms with Crippen LogP contribution >= 0.6 is 0 Å². The van der Waals surface area contributed by atoms with Crippen molar-refractivity contribution >= 4 is 20.2 Å². The molecule has 0 fully saturated rings. The summed E-state index contributed by atoms with van der Waals surface area (Å²) in [4.78, 5) is 0. The van der Waals surface area contributed by atoms with E-state index in [4.69, 9.17) is 4.55 Å². The van der Waals surface area contributed by atoms with Crippen LogP contribution in [0.25, 0.3) is 0 Å². The van der Waals surface area contributed by atoms with E-state index in [1.54, 1.807) is 0 Å². The van der Waals surface area contributed by atoms with E-state index in [1.807, 2.05) is 0 Å². The highest BCUT2D eigenvalue weighted by Crippen LogP contribution is 2.33. The first kappa shape index (κ1) is 18.6. The topological polar surface area (TPSA) is 97.7 Å². The van der Waals surface area contributed by atoms with Crippen LogP contribution in [0, 0.1) is 5.41 Å². The average molecular weight is 328 g/mol. The van der Waals surface area contributed by atoms with Gasteiger partial charge < -0.3 is 0 Å². The van der Waals surface area contributed by atoms with Gasteiger partial charge in [-0.3, -0.25) is 8.74 Å². The summed E-state index contributed by atoms with van der Waals surface area (Å²) >= 11 is 0. The van der Waals surface area contributed by atoms with Crippen LogP contribution in [0.15, 0.2) is 0 Å². The predicted molar refractivity (Wildman–Crippen MR) is 60.3 cm³/mol. The summed E-state index contributed by atoms with van der Waals surface area (Å²) in [5.74, 6) is -1.25. The zero-order valence-electron chi connectivity index (χ0n) is 10.4. The number of alkyl halides is 3. The summed E-state index contributed by atoms with van der Waals surface area (Å²) < 4.78 is 92.4. The molecule has 0 bridgehead atoms. The van der Waals surface area contributed by atoms with Crippen molar-refractivity contribution in [2.75, 3.05) is 5.75 Å². The third kappa shape index (κ3) is 5.63. The van der Waals surface area contributed by atoms with Crippen LogP contribution in [-0.2, 0) is 24.4 Å². The Morgan fingerprint density at radius 2 is 1.58 bits per heavy atom. The van der Waals surface area contributed by atoms with Crippen LogP contribution in [0.5, 0.6) is 0 Å². The Bertz CT molecular complexity index is 505. The summed E-state index contributed by atoms with van der Waals surface area (Å²) in [6.07, 6.45) is -1.71. The molecule has 116 valence electrons. The molecule has 6 nitrogen and oxygen atoms in total. The van der Waals surface area contributed by atoms with Crippen molar-refractivity contribution in [1.29, 1.82) is 0 Å². The molecule has 0 amide bonds. The van der Waals surface area contributed by atoms with Gasteiger partial charge in [0.1, 0.15) is 5.75 Å². The minimum atomic E-state index is -5.94. The van der Waals surface area contributed by atoms with E-state index in [1.165, 1.54) is 20.8 Å². The Balaban J connectivity index is 5.44. The lowest BCUT2D eigenvalue weighted by atomic mass is 9.85. The quantitative estimate of drug-likeness (QED) is 0.451. The molecule has 0 heterocycles. The molecule has 0 saturated carbocycles. The molecule has 0 aliphatic heterocycles. The van der Waals surface area contributed by atoms with E-state index < -0.39 is 43.0 Å². The fourth-order valence-corrected chi connectivity index (χ4v) is 2.74. The van der Waals surface area contributed by atoms with Crippen LogP contribution in [-0.4, -0.2) is 38.8 Å². The van der Waals surface area contributed by atoms with Crippen molar-refractivity contribution in [2.24, 2.45) is 5.41 Å². The van der Waals surface area contributed by atoms with Crippen molar-refractivity contribution in [3.8, 4) is 0 Å². The van der Waals surface area contributed by atoms with Gasteiger partial charge >= 0.3 is 15.6 Å². The molecule has 0 aliphatic carbocycles. The second-order valence-corrected chi connectivity index (χ2v) is 7.64. The van der Waals surface area contributed by atoms with Crippen LogP contribution in [0.4, 0.5) is 13.2 Å². The zero-order valence-corrected chi connectivity index (χ0v) is 12.1. The summed E-state index contributed by atoms with van der Waals surface area (Å²) in [5.41, 5.74) is -6.86. The Morgan fingerprint density at radius 1 is 1.16 bits per heavy atom. The van der Waals surface area contributed by atoms with Gasteiger partial charge in [-0.15, -0.1) is 0 Å². The zero-order chi connectivity index (χ0) is 15.7. The maximum atomic E-state index is 12.2. The van der Waals surface area contributed by atoms with Crippen LogP contribution in [0.2, 0.25) is 0 Å². The highest BCUT2D eigenvalue weighted by Gasteiger charge is 2.50. The number of hydrogen-bond acceptors (Lipinski definition) is 5. The van der Waals surface area contributed by atoms with Crippen molar-refractivity contribution < 1.29 is 38.7 Å². The first-order valence-electron chi connectivity index (χ1n) is 5.07. The van der Waals surface area contributed by atoms with Gasteiger partial charge in [0, 0.05) is 0 Å². The van der Waals surface area contributed by atoms with E-state index >= 15 is 0 Å². The van der Waals surface area contributed by atoms with Gasteiger partial charge in [-0.05, 0) is 11.8 Å². The van der Waals surface area contributed by atoms with Crippen molar-refractivity contribution in [3.63, 3.8) is 0 Å². The molecular weight excluding hydrogens is 313 g/mol. The standard InChI is InChI=1S/C8H15F3O6S2/c1-4-7(2,3)6(5-18(12,13)14)17-19(15,16)8(9,10)11/h6H,4-5H2,1-3H3,(H,12,13,14). The third-order valence-corrected chi connectivity index (χ3v) is 4.45. The predicted octanol–water partition coefficient (Wildman–Crippen LogP) is 1.55. The summed E-state index contributed by atoms with van der Waals surface area (Å²) in [6.45, 7) is 4.17. The smallest absolute Gasteiger partial charge is 0.285 e. The Hall–Kier alpha value is -0.390. The minimum Gasteiger partial charge on any atom is -0.285 e. The molecule has 0 aromatic heterocycles. The monoisotopic (exact) mass is 328 g/mol. The SMILES string of the molecule is CCC(C)(C)C(CS(=O)(=O)O)OS(=O)(=O)C(F)(F)F. The highest BCUT2D eigenvalue weighted by atomic mass is 32.2. The highest BCUT2D eigenvalue weighted by molar-refractivity contribution is 7.87. The van der Waals surface area contributed by atoms with Crippen LogP contribution in [0.3, 0.4) is 0 Å². The third-order valence-electron chi connectivity index (χ3n) is 2.67. The van der Waals surface area contributed by atoms with E-state index in [-0.39, 0.29) is 6.42 Å². The molecule has 0 spiro atoms. The van der Waals surface area contributed by atoms with Gasteiger partial charge in [-0.25, -0.2) is 0 Å². The van der Waals surface area contributed by atoms with Gasteiger partial charge in [0.05, 0.1) is 6.10 Å². The molecule has 1 unspecified atom stereocenters. The van der Waals surface area contributed by atoms with E-state index in [0.29, 0.717) is 0 Å². The van der Waals surface area contributed by atoms with Gasteiger partial charge in [0.2, 0.25) is 0 Å². The van der Waals surface area contributed by atoms with E-state index in [2.05, 4.69) is 4.18 Å². The van der Waals surface area contributed by atoms with E-state index in [9.17, 15) is 30.0 Å². The van der Waals surface area contributed by atoms with Gasteiger partial charge in [-0.2, -0.15) is 30.0 Å². The number of halogens is 3. The lowest BCUT2D eigenvalue weighted by molar-refractivity contribution is -0.0613. The second-order valence-electron chi connectivity index (χ2n) is 4.58. The molecule has 0 radical (unpaired) electrons.